The van der Waals surface area contributed by atoms with Crippen molar-refractivity contribution in [1.29, 1.82) is 0 Å². The molecule has 0 unspecified atom stereocenters. The smallest absolute Gasteiger partial charge is 0.0545 e. The fraction of sp³-hybridized carbons (Fsp3) is 0.533. The van der Waals surface area contributed by atoms with E-state index in [1.165, 1.54) is 31.5 Å². The van der Waals surface area contributed by atoms with Crippen LogP contribution in [0.1, 0.15) is 25.3 Å². The molecule has 1 saturated heterocycles. The molecule has 0 aromatic heterocycles. The van der Waals surface area contributed by atoms with Crippen LogP contribution in [-0.4, -0.2) is 42.5 Å². The van der Waals surface area contributed by atoms with Gasteiger partial charge in [-0.2, -0.15) is 0 Å². The third-order valence-electron chi connectivity index (χ3n) is 3.75. The molecule has 1 aromatic carbocycles. The maximum Gasteiger partial charge on any atom is 0.0545 e. The molecule has 1 heterocycles. The van der Waals surface area contributed by atoms with Crippen LogP contribution >= 0.6 is 0 Å². The van der Waals surface area contributed by atoms with Crippen molar-refractivity contribution in [2.75, 3.05) is 26.7 Å². The van der Waals surface area contributed by atoms with E-state index in [4.69, 9.17) is 0 Å². The summed E-state index contributed by atoms with van der Waals surface area (Å²) in [7, 11) is 2.24. The average Bonchev–Trinajstić information content (AvgIpc) is 2.40. The Labute approximate surface area is 105 Å². The summed E-state index contributed by atoms with van der Waals surface area (Å²) < 4.78 is 0. The third kappa shape index (κ3) is 3.55. The van der Waals surface area contributed by atoms with Gasteiger partial charge in [0, 0.05) is 19.1 Å². The molecule has 1 aliphatic heterocycles. The summed E-state index contributed by atoms with van der Waals surface area (Å²) in [5.41, 5.74) is 1.31. The van der Waals surface area contributed by atoms with Crippen molar-refractivity contribution in [3.8, 4) is 0 Å². The molecule has 0 spiro atoms. The van der Waals surface area contributed by atoms with E-state index in [0.29, 0.717) is 0 Å². The maximum absolute atomic E-state index is 2.47. The van der Waals surface area contributed by atoms with Crippen molar-refractivity contribution in [2.24, 2.45) is 0 Å². The molecule has 0 amide bonds. The van der Waals surface area contributed by atoms with Gasteiger partial charge in [0.1, 0.15) is 0 Å². The monoisotopic (exact) mass is 231 g/mol. The van der Waals surface area contributed by atoms with Gasteiger partial charge in [0.25, 0.3) is 0 Å². The van der Waals surface area contributed by atoms with Gasteiger partial charge in [-0.3, -0.25) is 4.90 Å². The maximum atomic E-state index is 2.47. The molecule has 0 saturated carbocycles. The Morgan fingerprint density at radius 2 is 1.88 bits per heavy atom. The summed E-state index contributed by atoms with van der Waals surface area (Å²) in [6, 6.07) is 11.4. The van der Waals surface area contributed by atoms with Crippen molar-refractivity contribution in [2.45, 2.75) is 25.8 Å². The number of benzene rings is 1. The van der Waals surface area contributed by atoms with Crippen molar-refractivity contribution in [1.82, 2.24) is 9.80 Å². The Morgan fingerprint density at radius 1 is 1.24 bits per heavy atom. The summed E-state index contributed by atoms with van der Waals surface area (Å²) in [6.45, 7) is 8.06. The second-order valence-corrected chi connectivity index (χ2v) is 4.88. The lowest BCUT2D eigenvalue weighted by molar-refractivity contribution is 0.153. The molecule has 0 bridgehead atoms. The quantitative estimate of drug-likeness (QED) is 0.786. The summed E-state index contributed by atoms with van der Waals surface area (Å²) in [4.78, 5) is 4.93. The van der Waals surface area contributed by atoms with Crippen molar-refractivity contribution in [3.05, 3.63) is 42.4 Å². The molecule has 1 fully saturated rings. The third-order valence-corrected chi connectivity index (χ3v) is 3.75. The molecule has 1 aromatic rings. The van der Waals surface area contributed by atoms with Gasteiger partial charge in [0.2, 0.25) is 0 Å². The van der Waals surface area contributed by atoms with Crippen LogP contribution in [0.3, 0.4) is 0 Å². The minimum absolute atomic E-state index is 0.778. The highest BCUT2D eigenvalue weighted by atomic mass is 15.2. The first-order chi connectivity index (χ1) is 8.29. The van der Waals surface area contributed by atoms with Crippen LogP contribution in [0.2, 0.25) is 0 Å². The molecule has 2 rings (SSSR count). The fourth-order valence-corrected chi connectivity index (χ4v) is 2.46. The lowest BCUT2D eigenvalue weighted by Gasteiger charge is -2.36. The van der Waals surface area contributed by atoms with Gasteiger partial charge in [0.15, 0.2) is 0 Å². The van der Waals surface area contributed by atoms with E-state index >= 15 is 0 Å². The van der Waals surface area contributed by atoms with Crippen LogP contribution in [0.25, 0.3) is 0 Å². The first-order valence-electron chi connectivity index (χ1n) is 6.64. The lowest BCUT2D eigenvalue weighted by Crippen LogP contribution is -2.42. The first-order valence-corrected chi connectivity index (χ1v) is 6.64. The van der Waals surface area contributed by atoms with Crippen LogP contribution in [0.15, 0.2) is 30.3 Å². The highest BCUT2D eigenvalue weighted by Gasteiger charge is 2.21. The Balaban J connectivity index is 1.80. The van der Waals surface area contributed by atoms with E-state index < -0.39 is 0 Å². The Hall–Kier alpha value is -0.860. The normalized spacial score (nSPS) is 18.8. The zero-order valence-electron chi connectivity index (χ0n) is 11.0. The molecule has 1 radical (unpaired) electrons. The molecular weight excluding hydrogens is 208 g/mol. The number of nitrogens with zero attached hydrogens (tertiary/aromatic N) is 2. The minimum Gasteiger partial charge on any atom is -0.304 e. The number of rotatable bonds is 4. The summed E-state index contributed by atoms with van der Waals surface area (Å²) >= 11 is 0. The van der Waals surface area contributed by atoms with E-state index in [9.17, 15) is 0 Å². The highest BCUT2D eigenvalue weighted by molar-refractivity contribution is 5.21. The van der Waals surface area contributed by atoms with Gasteiger partial charge in [0.05, 0.1) is 6.54 Å². The predicted molar refractivity (Wildman–Crippen MR) is 72.7 cm³/mol. The zero-order chi connectivity index (χ0) is 12.1. The highest BCUT2D eigenvalue weighted by Crippen LogP contribution is 2.18. The first kappa shape index (κ1) is 12.6. The van der Waals surface area contributed by atoms with Gasteiger partial charge in [-0.25, -0.2) is 0 Å². The Morgan fingerprint density at radius 3 is 2.47 bits per heavy atom. The molecule has 17 heavy (non-hydrogen) atoms. The van der Waals surface area contributed by atoms with E-state index in [1.54, 1.807) is 0 Å². The van der Waals surface area contributed by atoms with Crippen LogP contribution in [0, 0.1) is 6.54 Å². The molecule has 0 N–H and O–H groups in total. The van der Waals surface area contributed by atoms with E-state index in [2.05, 4.69) is 60.6 Å². The standard InChI is InChI=1S/C15H23N2/c1-3-16(2)15-9-11-17(12-10-15)13-14-7-5-4-6-8-14/h4-8,13,15H,3,9-12H2,1-2H3. The minimum atomic E-state index is 0.778. The van der Waals surface area contributed by atoms with Crippen molar-refractivity contribution >= 4 is 0 Å². The molecular formula is C15H23N2. The molecule has 2 heteroatoms. The topological polar surface area (TPSA) is 6.48 Å². The number of hydrogen-bond donors (Lipinski definition) is 0. The largest absolute Gasteiger partial charge is 0.304 e. The molecule has 93 valence electrons. The Kier molecular flexibility index (Phi) is 4.57. The fourth-order valence-electron chi connectivity index (χ4n) is 2.46. The van der Waals surface area contributed by atoms with E-state index in [-0.39, 0.29) is 0 Å². The summed E-state index contributed by atoms with van der Waals surface area (Å²) in [6.07, 6.45) is 2.57. The van der Waals surface area contributed by atoms with Crippen LogP contribution < -0.4 is 0 Å². The van der Waals surface area contributed by atoms with Crippen LogP contribution in [0.4, 0.5) is 0 Å². The van der Waals surface area contributed by atoms with Crippen molar-refractivity contribution < 1.29 is 0 Å². The Bertz CT molecular complexity index is 315. The van der Waals surface area contributed by atoms with Crippen LogP contribution in [0.5, 0.6) is 0 Å². The average molecular weight is 231 g/mol. The van der Waals surface area contributed by atoms with Gasteiger partial charge < -0.3 is 4.90 Å². The zero-order valence-corrected chi connectivity index (χ0v) is 11.0. The molecule has 1 aliphatic rings. The van der Waals surface area contributed by atoms with Crippen molar-refractivity contribution in [3.63, 3.8) is 0 Å². The predicted octanol–water partition coefficient (Wildman–Crippen LogP) is 2.61. The second-order valence-electron chi connectivity index (χ2n) is 4.88. The van der Waals surface area contributed by atoms with Crippen LogP contribution in [-0.2, 0) is 0 Å². The molecule has 2 nitrogen and oxygen atoms in total. The van der Waals surface area contributed by atoms with Gasteiger partial charge in [-0.15, -0.1) is 0 Å². The van der Waals surface area contributed by atoms with E-state index in [1.807, 2.05) is 0 Å². The second kappa shape index (κ2) is 6.18. The van der Waals surface area contributed by atoms with E-state index in [0.717, 1.165) is 12.6 Å². The van der Waals surface area contributed by atoms with Gasteiger partial charge in [-0.05, 0) is 32.0 Å². The molecule has 0 atom stereocenters. The molecule has 0 aliphatic carbocycles. The number of piperidine rings is 1. The number of likely N-dealkylation sites (tertiary alicyclic amines) is 1. The summed E-state index contributed by atoms with van der Waals surface area (Å²) in [5.74, 6) is 0. The number of hydrogen-bond acceptors (Lipinski definition) is 2. The summed E-state index contributed by atoms with van der Waals surface area (Å²) in [5, 5.41) is 0. The van der Waals surface area contributed by atoms with Gasteiger partial charge >= 0.3 is 0 Å². The lowest BCUT2D eigenvalue weighted by atomic mass is 10.0. The SMILES string of the molecule is CCN(C)C1CCN([CH]c2ccccc2)CC1. The van der Waals surface area contributed by atoms with Gasteiger partial charge in [-0.1, -0.05) is 37.3 Å².